The first kappa shape index (κ1) is 14.2. The molecule has 0 spiro atoms. The molecule has 1 amide bonds. The maximum atomic E-state index is 12.4. The Morgan fingerprint density at radius 1 is 1.35 bits per heavy atom. The number of amides is 1. The van der Waals surface area contributed by atoms with Gasteiger partial charge in [-0.05, 0) is 12.1 Å². The molecule has 0 bridgehead atoms. The van der Waals surface area contributed by atoms with Crippen LogP contribution in [0.1, 0.15) is 10.4 Å². The Morgan fingerprint density at radius 3 is 2.65 bits per heavy atom. The molecule has 0 atom stereocenters. The molecular formula is C15H19N3O2. The Hall–Kier alpha value is -2.19. The first-order valence-electron chi connectivity index (χ1n) is 6.53. The lowest BCUT2D eigenvalue weighted by atomic mass is 10.1. The molecule has 5 nitrogen and oxygen atoms in total. The fraction of sp³-hybridized carbons (Fsp3) is 0.400. The highest BCUT2D eigenvalue weighted by Gasteiger charge is 2.22. The average molecular weight is 273 g/mol. The summed E-state index contributed by atoms with van der Waals surface area (Å²) in [5, 5.41) is 0. The summed E-state index contributed by atoms with van der Waals surface area (Å²) in [4.78, 5) is 16.4. The third-order valence-electron chi connectivity index (χ3n) is 3.39. The number of nitrogen functional groups attached to an aromatic ring is 1. The van der Waals surface area contributed by atoms with E-state index in [0.717, 1.165) is 13.1 Å². The van der Waals surface area contributed by atoms with Crippen LogP contribution in [-0.2, 0) is 0 Å². The van der Waals surface area contributed by atoms with Gasteiger partial charge in [-0.25, -0.2) is 0 Å². The van der Waals surface area contributed by atoms with Crippen LogP contribution in [0.4, 0.5) is 5.69 Å². The van der Waals surface area contributed by atoms with E-state index in [1.165, 1.54) is 0 Å². The van der Waals surface area contributed by atoms with E-state index in [1.54, 1.807) is 25.3 Å². The van der Waals surface area contributed by atoms with Crippen LogP contribution in [0.15, 0.2) is 18.2 Å². The van der Waals surface area contributed by atoms with E-state index in [-0.39, 0.29) is 5.91 Å². The molecule has 1 fully saturated rings. The number of carbonyl (C=O) groups is 1. The van der Waals surface area contributed by atoms with Crippen LogP contribution >= 0.6 is 0 Å². The Balaban J connectivity index is 2.05. The van der Waals surface area contributed by atoms with Crippen LogP contribution in [-0.4, -0.2) is 55.5 Å². The van der Waals surface area contributed by atoms with E-state index < -0.39 is 0 Å². The number of piperazine rings is 1. The summed E-state index contributed by atoms with van der Waals surface area (Å²) in [5.41, 5.74) is 6.87. The third kappa shape index (κ3) is 3.22. The molecule has 0 unspecified atom stereocenters. The SMILES string of the molecule is C#CCN1CCN(C(=O)c2cc(N)cc(OC)c2)CC1. The summed E-state index contributed by atoms with van der Waals surface area (Å²) in [6.07, 6.45) is 5.29. The van der Waals surface area contributed by atoms with Crippen molar-refractivity contribution in [3.05, 3.63) is 23.8 Å². The second-order valence-electron chi connectivity index (χ2n) is 4.77. The summed E-state index contributed by atoms with van der Waals surface area (Å²) in [5.74, 6) is 3.20. The molecule has 5 heteroatoms. The molecule has 106 valence electrons. The van der Waals surface area contributed by atoms with Gasteiger partial charge in [-0.2, -0.15) is 0 Å². The Labute approximate surface area is 119 Å². The first-order valence-corrected chi connectivity index (χ1v) is 6.53. The van der Waals surface area contributed by atoms with Gasteiger partial charge in [-0.15, -0.1) is 6.42 Å². The van der Waals surface area contributed by atoms with E-state index in [0.29, 0.717) is 36.6 Å². The minimum Gasteiger partial charge on any atom is -0.497 e. The number of methoxy groups -OCH3 is 1. The summed E-state index contributed by atoms with van der Waals surface area (Å²) in [7, 11) is 1.56. The second kappa shape index (κ2) is 6.31. The van der Waals surface area contributed by atoms with Gasteiger partial charge in [0.25, 0.3) is 5.91 Å². The molecule has 1 saturated heterocycles. The van der Waals surface area contributed by atoms with Gasteiger partial charge < -0.3 is 15.4 Å². The van der Waals surface area contributed by atoms with Crippen LogP contribution < -0.4 is 10.5 Å². The van der Waals surface area contributed by atoms with Crippen molar-refractivity contribution in [1.82, 2.24) is 9.80 Å². The van der Waals surface area contributed by atoms with E-state index >= 15 is 0 Å². The fourth-order valence-corrected chi connectivity index (χ4v) is 2.28. The second-order valence-corrected chi connectivity index (χ2v) is 4.77. The molecule has 0 aromatic heterocycles. The minimum atomic E-state index is -0.0176. The smallest absolute Gasteiger partial charge is 0.254 e. The quantitative estimate of drug-likeness (QED) is 0.649. The van der Waals surface area contributed by atoms with Gasteiger partial charge in [0, 0.05) is 43.5 Å². The largest absolute Gasteiger partial charge is 0.497 e. The van der Waals surface area contributed by atoms with Gasteiger partial charge >= 0.3 is 0 Å². The molecule has 1 heterocycles. The standard InChI is InChI=1S/C15H19N3O2/c1-3-4-17-5-7-18(8-6-17)15(19)12-9-13(16)11-14(10-12)20-2/h1,9-11H,4-8,16H2,2H3. The number of hydrogen-bond acceptors (Lipinski definition) is 4. The van der Waals surface area contributed by atoms with Crippen molar-refractivity contribution in [1.29, 1.82) is 0 Å². The Kier molecular flexibility index (Phi) is 4.49. The van der Waals surface area contributed by atoms with Crippen molar-refractivity contribution < 1.29 is 9.53 Å². The zero-order valence-electron chi connectivity index (χ0n) is 11.6. The molecule has 1 aliphatic heterocycles. The van der Waals surface area contributed by atoms with Gasteiger partial charge in [0.05, 0.1) is 13.7 Å². The molecule has 2 N–H and O–H groups in total. The molecule has 0 radical (unpaired) electrons. The summed E-state index contributed by atoms with van der Waals surface area (Å²) in [6, 6.07) is 5.09. The van der Waals surface area contributed by atoms with Gasteiger partial charge in [0.1, 0.15) is 5.75 Å². The normalized spacial score (nSPS) is 15.7. The number of hydrogen-bond donors (Lipinski definition) is 1. The molecule has 1 aromatic carbocycles. The van der Waals surface area contributed by atoms with E-state index in [4.69, 9.17) is 16.9 Å². The van der Waals surface area contributed by atoms with Gasteiger partial charge in [0.15, 0.2) is 0 Å². The molecule has 2 rings (SSSR count). The average Bonchev–Trinajstić information content (AvgIpc) is 2.47. The number of anilines is 1. The lowest BCUT2D eigenvalue weighted by Crippen LogP contribution is -2.48. The highest BCUT2D eigenvalue weighted by molar-refractivity contribution is 5.95. The van der Waals surface area contributed by atoms with E-state index in [9.17, 15) is 4.79 Å². The zero-order valence-corrected chi connectivity index (χ0v) is 11.6. The summed E-state index contributed by atoms with van der Waals surface area (Å²) in [6.45, 7) is 3.59. The van der Waals surface area contributed by atoms with Gasteiger partial charge in [-0.3, -0.25) is 9.69 Å². The van der Waals surface area contributed by atoms with Crippen LogP contribution in [0.25, 0.3) is 0 Å². The monoisotopic (exact) mass is 273 g/mol. The maximum Gasteiger partial charge on any atom is 0.254 e. The molecule has 0 aliphatic carbocycles. The van der Waals surface area contributed by atoms with Crippen molar-refractivity contribution >= 4 is 11.6 Å². The van der Waals surface area contributed by atoms with Crippen molar-refractivity contribution in [2.75, 3.05) is 45.6 Å². The molecule has 1 aromatic rings. The predicted octanol–water partition coefficient (Wildman–Crippen LogP) is 0.668. The molecular weight excluding hydrogens is 254 g/mol. The number of rotatable bonds is 3. The fourth-order valence-electron chi connectivity index (χ4n) is 2.28. The maximum absolute atomic E-state index is 12.4. The van der Waals surface area contributed by atoms with Gasteiger partial charge in [0.2, 0.25) is 0 Å². The van der Waals surface area contributed by atoms with Crippen molar-refractivity contribution in [3.63, 3.8) is 0 Å². The van der Waals surface area contributed by atoms with E-state index in [1.807, 2.05) is 4.90 Å². The van der Waals surface area contributed by atoms with Crippen molar-refractivity contribution in [3.8, 4) is 18.1 Å². The van der Waals surface area contributed by atoms with Gasteiger partial charge in [-0.1, -0.05) is 5.92 Å². The van der Waals surface area contributed by atoms with Crippen LogP contribution in [0, 0.1) is 12.3 Å². The minimum absolute atomic E-state index is 0.0176. The Morgan fingerprint density at radius 2 is 2.05 bits per heavy atom. The Bertz CT molecular complexity index is 528. The number of terminal acetylenes is 1. The van der Waals surface area contributed by atoms with Crippen molar-refractivity contribution in [2.24, 2.45) is 0 Å². The highest BCUT2D eigenvalue weighted by Crippen LogP contribution is 2.20. The number of ether oxygens (including phenoxy) is 1. The predicted molar refractivity (Wildman–Crippen MR) is 78.6 cm³/mol. The lowest BCUT2D eigenvalue weighted by Gasteiger charge is -2.33. The topological polar surface area (TPSA) is 58.8 Å². The number of carbonyl (C=O) groups excluding carboxylic acids is 1. The molecule has 0 saturated carbocycles. The lowest BCUT2D eigenvalue weighted by molar-refractivity contribution is 0.0652. The van der Waals surface area contributed by atoms with Crippen molar-refractivity contribution in [2.45, 2.75) is 0 Å². The van der Waals surface area contributed by atoms with Crippen LogP contribution in [0.2, 0.25) is 0 Å². The molecule has 1 aliphatic rings. The first-order chi connectivity index (χ1) is 9.63. The summed E-state index contributed by atoms with van der Waals surface area (Å²) < 4.78 is 5.14. The molecule has 20 heavy (non-hydrogen) atoms. The number of benzene rings is 1. The third-order valence-corrected chi connectivity index (χ3v) is 3.39. The highest BCUT2D eigenvalue weighted by atomic mass is 16.5. The van der Waals surface area contributed by atoms with Crippen LogP contribution in [0.5, 0.6) is 5.75 Å². The summed E-state index contributed by atoms with van der Waals surface area (Å²) >= 11 is 0. The zero-order chi connectivity index (χ0) is 14.5. The van der Waals surface area contributed by atoms with Crippen LogP contribution in [0.3, 0.4) is 0 Å². The number of nitrogens with two attached hydrogens (primary N) is 1. The number of nitrogens with zero attached hydrogens (tertiary/aromatic N) is 2. The van der Waals surface area contributed by atoms with E-state index in [2.05, 4.69) is 10.8 Å².